The maximum atomic E-state index is 11.8. The number of nitrogens with zero attached hydrogens (tertiary/aromatic N) is 1. The summed E-state index contributed by atoms with van der Waals surface area (Å²) in [6.07, 6.45) is 1.13. The lowest BCUT2D eigenvalue weighted by molar-refractivity contribution is 0.246. The van der Waals surface area contributed by atoms with Crippen LogP contribution in [0.25, 0.3) is 0 Å². The van der Waals surface area contributed by atoms with Crippen LogP contribution in [0.15, 0.2) is 24.3 Å². The van der Waals surface area contributed by atoms with E-state index in [0.717, 1.165) is 37.3 Å². The molecular weight excluding hydrogens is 264 g/mol. The fourth-order valence-corrected chi connectivity index (χ4v) is 2.12. The van der Waals surface area contributed by atoms with E-state index < -0.39 is 0 Å². The zero-order chi connectivity index (χ0) is 15.7. The summed E-state index contributed by atoms with van der Waals surface area (Å²) in [5.74, 6) is 0. The van der Waals surface area contributed by atoms with Crippen LogP contribution >= 0.6 is 0 Å². The SMILES string of the molecule is CCCN(CC)CCNC(=O)Nc1ccc(C(C)N)cc1. The molecule has 1 aromatic carbocycles. The lowest BCUT2D eigenvalue weighted by Gasteiger charge is -2.19. The molecule has 0 aliphatic heterocycles. The Labute approximate surface area is 127 Å². The fraction of sp³-hybridized carbons (Fsp3) is 0.562. The van der Waals surface area contributed by atoms with Gasteiger partial charge in [-0.3, -0.25) is 0 Å². The first-order valence-electron chi connectivity index (χ1n) is 7.69. The molecule has 4 N–H and O–H groups in total. The molecule has 0 heterocycles. The first-order valence-corrected chi connectivity index (χ1v) is 7.69. The van der Waals surface area contributed by atoms with Gasteiger partial charge in [-0.2, -0.15) is 0 Å². The number of carbonyl (C=O) groups is 1. The summed E-state index contributed by atoms with van der Waals surface area (Å²) in [6, 6.07) is 7.44. The number of rotatable bonds is 8. The summed E-state index contributed by atoms with van der Waals surface area (Å²) >= 11 is 0. The molecule has 0 fully saturated rings. The van der Waals surface area contributed by atoms with Gasteiger partial charge < -0.3 is 21.3 Å². The van der Waals surface area contributed by atoms with Crippen LogP contribution in [0, 0.1) is 0 Å². The van der Waals surface area contributed by atoms with E-state index in [1.807, 2.05) is 31.2 Å². The molecule has 0 bridgehead atoms. The van der Waals surface area contributed by atoms with Gasteiger partial charge in [-0.1, -0.05) is 26.0 Å². The Hall–Kier alpha value is -1.59. The minimum absolute atomic E-state index is 0.00599. The van der Waals surface area contributed by atoms with Crippen LogP contribution in [0.4, 0.5) is 10.5 Å². The van der Waals surface area contributed by atoms with Crippen molar-refractivity contribution < 1.29 is 4.79 Å². The van der Waals surface area contributed by atoms with Gasteiger partial charge in [-0.05, 0) is 44.1 Å². The number of likely N-dealkylation sites (N-methyl/N-ethyl adjacent to an activating group) is 1. The van der Waals surface area contributed by atoms with E-state index >= 15 is 0 Å². The number of hydrogen-bond acceptors (Lipinski definition) is 3. The molecular formula is C16H28N4O. The quantitative estimate of drug-likeness (QED) is 0.689. The van der Waals surface area contributed by atoms with E-state index in [0.29, 0.717) is 6.54 Å². The van der Waals surface area contributed by atoms with E-state index in [2.05, 4.69) is 29.4 Å². The Kier molecular flexibility index (Phi) is 7.79. The molecule has 0 saturated carbocycles. The van der Waals surface area contributed by atoms with Crippen LogP contribution in [0.1, 0.15) is 38.8 Å². The highest BCUT2D eigenvalue weighted by Crippen LogP contribution is 2.13. The molecule has 5 heteroatoms. The van der Waals surface area contributed by atoms with Crippen molar-refractivity contribution in [1.82, 2.24) is 10.2 Å². The molecule has 0 spiro atoms. The van der Waals surface area contributed by atoms with Crippen LogP contribution < -0.4 is 16.4 Å². The van der Waals surface area contributed by atoms with Crippen molar-refractivity contribution >= 4 is 11.7 Å². The smallest absolute Gasteiger partial charge is 0.319 e. The molecule has 1 unspecified atom stereocenters. The van der Waals surface area contributed by atoms with E-state index in [-0.39, 0.29) is 12.1 Å². The van der Waals surface area contributed by atoms with E-state index in [4.69, 9.17) is 5.73 Å². The van der Waals surface area contributed by atoms with Gasteiger partial charge in [0.2, 0.25) is 0 Å². The van der Waals surface area contributed by atoms with Crippen molar-refractivity contribution in [1.29, 1.82) is 0 Å². The van der Waals surface area contributed by atoms with Crippen molar-refractivity contribution in [2.24, 2.45) is 5.73 Å². The molecule has 1 atom stereocenters. The third kappa shape index (κ3) is 6.60. The second-order valence-corrected chi connectivity index (χ2v) is 5.23. The topological polar surface area (TPSA) is 70.4 Å². The van der Waals surface area contributed by atoms with Crippen LogP contribution in [-0.4, -0.2) is 37.1 Å². The predicted octanol–water partition coefficient (Wildman–Crippen LogP) is 2.56. The molecule has 5 nitrogen and oxygen atoms in total. The second kappa shape index (κ2) is 9.37. The Morgan fingerprint density at radius 2 is 1.90 bits per heavy atom. The van der Waals surface area contributed by atoms with Crippen molar-refractivity contribution in [3.8, 4) is 0 Å². The van der Waals surface area contributed by atoms with Gasteiger partial charge in [0.05, 0.1) is 0 Å². The number of benzene rings is 1. The van der Waals surface area contributed by atoms with Gasteiger partial charge in [0.1, 0.15) is 0 Å². The van der Waals surface area contributed by atoms with E-state index in [1.165, 1.54) is 0 Å². The molecule has 1 aromatic rings. The third-order valence-corrected chi connectivity index (χ3v) is 3.39. The maximum Gasteiger partial charge on any atom is 0.319 e. The number of anilines is 1. The van der Waals surface area contributed by atoms with E-state index in [1.54, 1.807) is 0 Å². The Morgan fingerprint density at radius 1 is 1.24 bits per heavy atom. The van der Waals surface area contributed by atoms with Crippen LogP contribution in [-0.2, 0) is 0 Å². The highest BCUT2D eigenvalue weighted by atomic mass is 16.2. The molecule has 0 radical (unpaired) electrons. The monoisotopic (exact) mass is 292 g/mol. The number of carbonyl (C=O) groups excluding carboxylic acids is 1. The van der Waals surface area contributed by atoms with Gasteiger partial charge in [0.15, 0.2) is 0 Å². The number of hydrogen-bond donors (Lipinski definition) is 3. The van der Waals surface area contributed by atoms with Gasteiger partial charge in [0, 0.05) is 24.8 Å². The molecule has 0 aliphatic carbocycles. The molecule has 0 aliphatic rings. The van der Waals surface area contributed by atoms with Gasteiger partial charge >= 0.3 is 6.03 Å². The number of nitrogens with one attached hydrogen (secondary N) is 2. The van der Waals surface area contributed by atoms with E-state index in [9.17, 15) is 4.79 Å². The van der Waals surface area contributed by atoms with Gasteiger partial charge in [-0.15, -0.1) is 0 Å². The number of amides is 2. The summed E-state index contributed by atoms with van der Waals surface area (Å²) in [4.78, 5) is 14.1. The van der Waals surface area contributed by atoms with Gasteiger partial charge in [0.25, 0.3) is 0 Å². The molecule has 21 heavy (non-hydrogen) atoms. The second-order valence-electron chi connectivity index (χ2n) is 5.23. The Bertz CT molecular complexity index is 417. The molecule has 2 amide bonds. The fourth-order valence-electron chi connectivity index (χ4n) is 2.12. The summed E-state index contributed by atoms with van der Waals surface area (Å²) < 4.78 is 0. The lowest BCUT2D eigenvalue weighted by Crippen LogP contribution is -2.37. The first-order chi connectivity index (χ1) is 10.1. The summed E-state index contributed by atoms with van der Waals surface area (Å²) in [5.41, 5.74) is 7.62. The highest BCUT2D eigenvalue weighted by molar-refractivity contribution is 5.89. The average Bonchev–Trinajstić information content (AvgIpc) is 2.46. The maximum absolute atomic E-state index is 11.8. The Morgan fingerprint density at radius 3 is 2.43 bits per heavy atom. The minimum Gasteiger partial charge on any atom is -0.337 e. The molecule has 1 rings (SSSR count). The highest BCUT2D eigenvalue weighted by Gasteiger charge is 2.04. The van der Waals surface area contributed by atoms with Crippen molar-refractivity contribution in [2.75, 3.05) is 31.5 Å². The van der Waals surface area contributed by atoms with Crippen LogP contribution in [0.2, 0.25) is 0 Å². The summed E-state index contributed by atoms with van der Waals surface area (Å²) in [5, 5.41) is 5.70. The standard InChI is InChI=1S/C16H28N4O/c1-4-11-20(5-2)12-10-18-16(21)19-15-8-6-14(7-9-15)13(3)17/h6-9,13H,4-5,10-12,17H2,1-3H3,(H2,18,19,21). The molecule has 0 aromatic heterocycles. The minimum atomic E-state index is -0.170. The lowest BCUT2D eigenvalue weighted by atomic mass is 10.1. The predicted molar refractivity (Wildman–Crippen MR) is 88.5 cm³/mol. The van der Waals surface area contributed by atoms with Crippen molar-refractivity contribution in [3.63, 3.8) is 0 Å². The molecule has 0 saturated heterocycles. The number of nitrogens with two attached hydrogens (primary N) is 1. The molecule has 118 valence electrons. The summed E-state index contributed by atoms with van der Waals surface area (Å²) in [7, 11) is 0. The normalized spacial score (nSPS) is 12.2. The largest absolute Gasteiger partial charge is 0.337 e. The number of urea groups is 1. The van der Waals surface area contributed by atoms with Crippen LogP contribution in [0.3, 0.4) is 0 Å². The summed E-state index contributed by atoms with van der Waals surface area (Å²) in [6.45, 7) is 9.84. The van der Waals surface area contributed by atoms with Gasteiger partial charge in [-0.25, -0.2) is 4.79 Å². The Balaban J connectivity index is 2.33. The van der Waals surface area contributed by atoms with Crippen molar-refractivity contribution in [2.45, 2.75) is 33.2 Å². The zero-order valence-electron chi connectivity index (χ0n) is 13.4. The van der Waals surface area contributed by atoms with Crippen LogP contribution in [0.5, 0.6) is 0 Å². The third-order valence-electron chi connectivity index (χ3n) is 3.39. The average molecular weight is 292 g/mol. The zero-order valence-corrected chi connectivity index (χ0v) is 13.4. The van der Waals surface area contributed by atoms with Crippen molar-refractivity contribution in [3.05, 3.63) is 29.8 Å². The first kappa shape index (κ1) is 17.5.